The Morgan fingerprint density at radius 2 is 2.06 bits per heavy atom. The van der Waals surface area contributed by atoms with Crippen molar-refractivity contribution < 1.29 is 0 Å². The van der Waals surface area contributed by atoms with Crippen molar-refractivity contribution in [3.63, 3.8) is 0 Å². The van der Waals surface area contributed by atoms with Gasteiger partial charge in [0.2, 0.25) is 0 Å². The zero-order valence-electron chi connectivity index (χ0n) is 10.2. The first-order valence-corrected chi connectivity index (χ1v) is 6.31. The maximum atomic E-state index is 5.84. The highest BCUT2D eigenvalue weighted by molar-refractivity contribution is 6.16. The van der Waals surface area contributed by atoms with Crippen molar-refractivity contribution >= 4 is 11.6 Å². The summed E-state index contributed by atoms with van der Waals surface area (Å²) in [5.41, 5.74) is 4.57. The fourth-order valence-corrected chi connectivity index (χ4v) is 2.14. The summed E-state index contributed by atoms with van der Waals surface area (Å²) >= 11 is 5.84. The minimum Gasteiger partial charge on any atom is -0.245 e. The lowest BCUT2D eigenvalue weighted by molar-refractivity contribution is 0.620. The van der Waals surface area contributed by atoms with Gasteiger partial charge in [0.1, 0.15) is 5.69 Å². The third-order valence-electron chi connectivity index (χ3n) is 2.96. The first kappa shape index (κ1) is 12.1. The minimum absolute atomic E-state index is 0.428. The van der Waals surface area contributed by atoms with Crippen molar-refractivity contribution in [2.75, 3.05) is 0 Å². The maximum Gasteiger partial charge on any atom is 0.101 e. The van der Waals surface area contributed by atoms with Crippen molar-refractivity contribution in [2.45, 2.75) is 32.7 Å². The molecule has 0 bridgehead atoms. The quantitative estimate of drug-likeness (QED) is 0.780. The summed E-state index contributed by atoms with van der Waals surface area (Å²) in [5.74, 6) is 0.428. The van der Waals surface area contributed by atoms with Gasteiger partial charge in [0.25, 0.3) is 0 Å². The predicted octanol–water partition coefficient (Wildman–Crippen LogP) is 2.94. The van der Waals surface area contributed by atoms with Crippen molar-refractivity contribution in [3.8, 4) is 0 Å². The zero-order chi connectivity index (χ0) is 12.3. The highest BCUT2D eigenvalue weighted by Crippen LogP contribution is 2.13. The smallest absolute Gasteiger partial charge is 0.101 e. The van der Waals surface area contributed by atoms with Crippen LogP contribution in [0.1, 0.15) is 29.4 Å². The number of rotatable bonds is 4. The minimum atomic E-state index is 0.428. The zero-order valence-corrected chi connectivity index (χ0v) is 10.9. The van der Waals surface area contributed by atoms with Crippen LogP contribution in [-0.4, -0.2) is 15.0 Å². The molecule has 0 N–H and O–H groups in total. The molecule has 0 fully saturated rings. The molecule has 2 aromatic rings. The largest absolute Gasteiger partial charge is 0.245 e. The van der Waals surface area contributed by atoms with E-state index >= 15 is 0 Å². The standard InChI is InChI=1S/C13H16ClN3/c1-3-13-12(8-14)15-16-17(13)9-11-7-5-4-6-10(11)2/h4-7H,3,8-9H2,1-2H3. The van der Waals surface area contributed by atoms with Gasteiger partial charge in [-0.2, -0.15) is 0 Å². The number of halogens is 1. The second-order valence-electron chi connectivity index (χ2n) is 4.05. The van der Waals surface area contributed by atoms with Gasteiger partial charge in [-0.15, -0.1) is 16.7 Å². The molecule has 4 heteroatoms. The molecule has 1 aromatic heterocycles. The van der Waals surface area contributed by atoms with E-state index in [0.717, 1.165) is 24.4 Å². The summed E-state index contributed by atoms with van der Waals surface area (Å²) in [6, 6.07) is 8.33. The topological polar surface area (TPSA) is 30.7 Å². The summed E-state index contributed by atoms with van der Waals surface area (Å²) in [7, 11) is 0. The van der Waals surface area contributed by atoms with Crippen molar-refractivity contribution in [1.82, 2.24) is 15.0 Å². The Bertz CT molecular complexity index is 505. The average Bonchev–Trinajstić information content (AvgIpc) is 2.74. The number of aryl methyl sites for hydroxylation is 1. The molecule has 0 spiro atoms. The summed E-state index contributed by atoms with van der Waals surface area (Å²) in [4.78, 5) is 0. The molecule has 0 aliphatic heterocycles. The summed E-state index contributed by atoms with van der Waals surface area (Å²) < 4.78 is 1.94. The second-order valence-corrected chi connectivity index (χ2v) is 4.32. The van der Waals surface area contributed by atoms with Crippen LogP contribution < -0.4 is 0 Å². The summed E-state index contributed by atoms with van der Waals surface area (Å²) in [6.45, 7) is 4.98. The lowest BCUT2D eigenvalue weighted by Crippen LogP contribution is -2.07. The molecule has 0 radical (unpaired) electrons. The van der Waals surface area contributed by atoms with E-state index in [0.29, 0.717) is 5.88 Å². The molecule has 1 aromatic carbocycles. The van der Waals surface area contributed by atoms with Crippen LogP contribution in [0.2, 0.25) is 0 Å². The molecule has 3 nitrogen and oxygen atoms in total. The number of nitrogens with zero attached hydrogens (tertiary/aromatic N) is 3. The molecule has 0 aliphatic carbocycles. The van der Waals surface area contributed by atoms with E-state index in [1.165, 1.54) is 11.1 Å². The maximum absolute atomic E-state index is 5.84. The third-order valence-corrected chi connectivity index (χ3v) is 3.21. The van der Waals surface area contributed by atoms with Gasteiger partial charge in [-0.1, -0.05) is 36.4 Å². The molecule has 0 saturated carbocycles. The Hall–Kier alpha value is -1.35. The van der Waals surface area contributed by atoms with E-state index in [1.807, 2.05) is 16.8 Å². The molecular weight excluding hydrogens is 234 g/mol. The van der Waals surface area contributed by atoms with Crippen LogP contribution in [0.25, 0.3) is 0 Å². The molecule has 0 unspecified atom stereocenters. The molecule has 0 saturated heterocycles. The van der Waals surface area contributed by atoms with Gasteiger partial charge in [-0.05, 0) is 24.5 Å². The monoisotopic (exact) mass is 249 g/mol. The first-order valence-electron chi connectivity index (χ1n) is 5.78. The van der Waals surface area contributed by atoms with Gasteiger partial charge in [0.15, 0.2) is 0 Å². The van der Waals surface area contributed by atoms with Gasteiger partial charge in [0.05, 0.1) is 18.1 Å². The van der Waals surface area contributed by atoms with Gasteiger partial charge >= 0.3 is 0 Å². The number of alkyl halides is 1. The van der Waals surface area contributed by atoms with Gasteiger partial charge in [-0.3, -0.25) is 0 Å². The number of aromatic nitrogens is 3. The van der Waals surface area contributed by atoms with E-state index in [1.54, 1.807) is 0 Å². The number of benzene rings is 1. The van der Waals surface area contributed by atoms with Crippen molar-refractivity contribution in [3.05, 3.63) is 46.8 Å². The molecule has 17 heavy (non-hydrogen) atoms. The van der Waals surface area contributed by atoms with E-state index in [4.69, 9.17) is 11.6 Å². The average molecular weight is 250 g/mol. The molecule has 2 rings (SSSR count). The van der Waals surface area contributed by atoms with Crippen LogP contribution in [-0.2, 0) is 18.8 Å². The van der Waals surface area contributed by atoms with Crippen LogP contribution in [0.15, 0.2) is 24.3 Å². The lowest BCUT2D eigenvalue weighted by atomic mass is 10.1. The molecule has 0 aliphatic rings. The van der Waals surface area contributed by atoms with E-state index in [9.17, 15) is 0 Å². The summed E-state index contributed by atoms with van der Waals surface area (Å²) in [6.07, 6.45) is 0.904. The molecule has 1 heterocycles. The van der Waals surface area contributed by atoms with Crippen LogP contribution >= 0.6 is 11.6 Å². The number of hydrogen-bond donors (Lipinski definition) is 0. The van der Waals surface area contributed by atoms with Crippen LogP contribution in [0.4, 0.5) is 0 Å². The highest BCUT2D eigenvalue weighted by atomic mass is 35.5. The molecule has 0 atom stereocenters. The third kappa shape index (κ3) is 2.50. The fraction of sp³-hybridized carbons (Fsp3) is 0.385. The SMILES string of the molecule is CCc1c(CCl)nnn1Cc1ccccc1C. The normalized spacial score (nSPS) is 10.8. The Kier molecular flexibility index (Phi) is 3.79. The van der Waals surface area contributed by atoms with Crippen molar-refractivity contribution in [2.24, 2.45) is 0 Å². The van der Waals surface area contributed by atoms with Crippen molar-refractivity contribution in [1.29, 1.82) is 0 Å². The van der Waals surface area contributed by atoms with Gasteiger partial charge in [-0.25, -0.2) is 4.68 Å². The molecular formula is C13H16ClN3. The Balaban J connectivity index is 2.30. The highest BCUT2D eigenvalue weighted by Gasteiger charge is 2.10. The Morgan fingerprint density at radius 3 is 2.71 bits per heavy atom. The molecule has 90 valence electrons. The first-order chi connectivity index (χ1) is 8.26. The second kappa shape index (κ2) is 5.32. The predicted molar refractivity (Wildman–Crippen MR) is 69.2 cm³/mol. The van der Waals surface area contributed by atoms with Gasteiger partial charge in [0, 0.05) is 0 Å². The number of hydrogen-bond acceptors (Lipinski definition) is 2. The Labute approximate surface area is 106 Å². The Morgan fingerprint density at radius 1 is 1.29 bits per heavy atom. The van der Waals surface area contributed by atoms with Crippen LogP contribution in [0.3, 0.4) is 0 Å². The fourth-order valence-electron chi connectivity index (χ4n) is 1.93. The van der Waals surface area contributed by atoms with E-state index in [2.05, 4.69) is 36.3 Å². The van der Waals surface area contributed by atoms with Crippen LogP contribution in [0, 0.1) is 6.92 Å². The van der Waals surface area contributed by atoms with Crippen LogP contribution in [0.5, 0.6) is 0 Å². The van der Waals surface area contributed by atoms with Gasteiger partial charge < -0.3 is 0 Å². The lowest BCUT2D eigenvalue weighted by Gasteiger charge is -2.08. The van der Waals surface area contributed by atoms with E-state index < -0.39 is 0 Å². The van der Waals surface area contributed by atoms with E-state index in [-0.39, 0.29) is 0 Å². The molecule has 0 amide bonds. The summed E-state index contributed by atoms with van der Waals surface area (Å²) in [5, 5.41) is 8.29.